The Labute approximate surface area is 150 Å². The van der Waals surface area contributed by atoms with Gasteiger partial charge in [-0.15, -0.1) is 11.8 Å². The molecule has 0 radical (unpaired) electrons. The van der Waals surface area contributed by atoms with E-state index in [1.165, 1.54) is 38.5 Å². The first-order valence-corrected chi connectivity index (χ1v) is 11.4. The fourth-order valence-corrected chi connectivity index (χ4v) is 4.16. The third-order valence-corrected chi connectivity index (χ3v) is 6.49. The van der Waals surface area contributed by atoms with E-state index in [1.807, 2.05) is 23.5 Å². The van der Waals surface area contributed by atoms with Crippen molar-refractivity contribution in [3.8, 4) is 0 Å². The molecular weight excluding hydrogens is 324 g/mol. The fraction of sp³-hybridized carbons (Fsp3) is 0.882. The van der Waals surface area contributed by atoms with Crippen molar-refractivity contribution in [1.29, 1.82) is 0 Å². The van der Waals surface area contributed by atoms with Crippen molar-refractivity contribution in [2.75, 3.05) is 24.4 Å². The van der Waals surface area contributed by atoms with Crippen molar-refractivity contribution in [3.05, 3.63) is 0 Å². The average molecular weight is 361 g/mol. The Morgan fingerprint density at radius 2 is 1.65 bits per heavy atom. The summed E-state index contributed by atoms with van der Waals surface area (Å²) in [5.41, 5.74) is 12.0. The molecule has 2 unspecified atom stereocenters. The van der Waals surface area contributed by atoms with E-state index in [-0.39, 0.29) is 0 Å². The Morgan fingerprint density at radius 3 is 2.17 bits per heavy atom. The topological polar surface area (TPSA) is 80.0 Å². The van der Waals surface area contributed by atoms with Crippen LogP contribution < -0.4 is 21.5 Å². The fourth-order valence-electron chi connectivity index (χ4n) is 2.60. The minimum Gasteiger partial charge on any atom is -0.291 e. The number of nitrogens with two attached hydrogens (primary N) is 2. The number of hydrogen-bond acceptors (Lipinski definition) is 2. The van der Waals surface area contributed by atoms with Gasteiger partial charge in [-0.25, -0.2) is 0 Å². The lowest BCUT2D eigenvalue weighted by Gasteiger charge is -2.32. The summed E-state index contributed by atoms with van der Waals surface area (Å²) in [5, 5.41) is 0.849. The summed E-state index contributed by atoms with van der Waals surface area (Å²) < 4.78 is 0. The van der Waals surface area contributed by atoms with Crippen LogP contribution in [-0.2, 0) is 0 Å². The highest BCUT2D eigenvalue weighted by Gasteiger charge is 2.26. The molecule has 0 saturated heterocycles. The van der Waals surface area contributed by atoms with Crippen molar-refractivity contribution >= 4 is 35.2 Å². The van der Waals surface area contributed by atoms with Crippen LogP contribution in [0.2, 0.25) is 0 Å². The lowest BCUT2D eigenvalue weighted by atomic mass is 9.87. The molecular formula is C17H36N4S2+2. The van der Waals surface area contributed by atoms with E-state index >= 15 is 0 Å². The first-order chi connectivity index (χ1) is 11.1. The molecule has 0 amide bonds. The molecule has 2 atom stereocenters. The second-order valence-corrected chi connectivity index (χ2v) is 8.68. The van der Waals surface area contributed by atoms with Gasteiger partial charge >= 0.3 is 0 Å². The lowest BCUT2D eigenvalue weighted by Crippen LogP contribution is -2.76. The molecule has 1 saturated carbocycles. The number of amidine groups is 2. The highest BCUT2D eigenvalue weighted by atomic mass is 32.2. The molecule has 1 aliphatic rings. The largest absolute Gasteiger partial charge is 0.291 e. The Hall–Kier alpha value is -0.360. The van der Waals surface area contributed by atoms with E-state index in [1.54, 1.807) is 0 Å². The Balaban J connectivity index is 1.94. The van der Waals surface area contributed by atoms with Crippen molar-refractivity contribution in [1.82, 2.24) is 0 Å². The molecule has 0 bridgehead atoms. The minimum absolute atomic E-state index is 0.849. The van der Waals surface area contributed by atoms with Gasteiger partial charge in [-0.1, -0.05) is 19.8 Å². The van der Waals surface area contributed by atoms with Crippen LogP contribution in [0.25, 0.3) is 0 Å². The number of hydrogen-bond donors (Lipinski definition) is 4. The van der Waals surface area contributed by atoms with Crippen LogP contribution in [-0.4, -0.2) is 41.4 Å². The molecule has 0 aromatic heterocycles. The summed E-state index contributed by atoms with van der Waals surface area (Å²) in [4.78, 5) is 6.64. The molecule has 1 rings (SSSR count). The van der Waals surface area contributed by atoms with Crippen molar-refractivity contribution in [2.24, 2.45) is 17.4 Å². The van der Waals surface area contributed by atoms with Crippen LogP contribution in [0, 0.1) is 5.92 Å². The molecule has 1 fully saturated rings. The molecule has 0 aliphatic heterocycles. The van der Waals surface area contributed by atoms with E-state index in [0.29, 0.717) is 0 Å². The molecule has 23 heavy (non-hydrogen) atoms. The van der Waals surface area contributed by atoms with Gasteiger partial charge in [0.25, 0.3) is 0 Å². The molecule has 4 nitrogen and oxygen atoms in total. The predicted molar refractivity (Wildman–Crippen MR) is 106 cm³/mol. The van der Waals surface area contributed by atoms with Crippen LogP contribution in [0.1, 0.15) is 58.3 Å². The van der Waals surface area contributed by atoms with Gasteiger partial charge in [-0.2, -0.15) is 11.8 Å². The van der Waals surface area contributed by atoms with E-state index in [4.69, 9.17) is 11.5 Å². The smallest absolute Gasteiger partial charge is 0.241 e. The quantitative estimate of drug-likeness (QED) is 0.162. The maximum Gasteiger partial charge on any atom is 0.241 e. The third kappa shape index (κ3) is 10.2. The second kappa shape index (κ2) is 13.0. The van der Waals surface area contributed by atoms with Gasteiger partial charge in [-0.05, 0) is 37.9 Å². The molecule has 0 aromatic rings. The van der Waals surface area contributed by atoms with Gasteiger partial charge < -0.3 is 0 Å². The van der Waals surface area contributed by atoms with Gasteiger partial charge in [0.05, 0.1) is 6.54 Å². The van der Waals surface area contributed by atoms with Crippen molar-refractivity contribution < 1.29 is 9.98 Å². The zero-order valence-corrected chi connectivity index (χ0v) is 16.5. The SMILES string of the molecule is CSCC[NH+]=C(N)CCCCCCC(N)=[NH+]CSC1CCC1C. The molecule has 0 aromatic carbocycles. The average Bonchev–Trinajstić information content (AvgIpc) is 2.53. The first-order valence-electron chi connectivity index (χ1n) is 8.94. The Morgan fingerprint density at radius 1 is 1.00 bits per heavy atom. The van der Waals surface area contributed by atoms with Crippen LogP contribution in [0.15, 0.2) is 0 Å². The summed E-state index contributed by atoms with van der Waals surface area (Å²) in [6.07, 6.45) is 11.7. The second-order valence-electron chi connectivity index (χ2n) is 6.47. The standard InChI is InChI=1S/C17H34N4S2/c1-14-9-10-15(14)23-13-21-17(19)8-6-4-3-5-7-16(18)20-11-12-22-2/h14-15H,3-13H2,1-2H3,(H2,18,20)(H2,19,21)/p+2. The van der Waals surface area contributed by atoms with E-state index in [0.717, 1.165) is 53.9 Å². The normalized spacial score (nSPS) is 22.2. The van der Waals surface area contributed by atoms with E-state index in [9.17, 15) is 0 Å². The third-order valence-electron chi connectivity index (χ3n) is 4.44. The zero-order valence-electron chi connectivity index (χ0n) is 14.9. The highest BCUT2D eigenvalue weighted by molar-refractivity contribution is 7.99. The first kappa shape index (κ1) is 20.7. The Kier molecular flexibility index (Phi) is 11.7. The summed E-state index contributed by atoms with van der Waals surface area (Å²) in [6, 6.07) is 0. The van der Waals surface area contributed by atoms with Gasteiger partial charge in [-0.3, -0.25) is 21.5 Å². The minimum atomic E-state index is 0.849. The predicted octanol–water partition coefficient (Wildman–Crippen LogP) is 0.0548. The summed E-state index contributed by atoms with van der Waals surface area (Å²) in [5.74, 6) is 4.86. The monoisotopic (exact) mass is 360 g/mol. The summed E-state index contributed by atoms with van der Waals surface area (Å²) in [6.45, 7) is 3.32. The maximum atomic E-state index is 6.04. The van der Waals surface area contributed by atoms with E-state index in [2.05, 4.69) is 23.2 Å². The molecule has 6 N–H and O–H groups in total. The summed E-state index contributed by atoms with van der Waals surface area (Å²) in [7, 11) is 0. The molecule has 6 heteroatoms. The van der Waals surface area contributed by atoms with E-state index < -0.39 is 0 Å². The van der Waals surface area contributed by atoms with Gasteiger partial charge in [0, 0.05) is 23.8 Å². The number of rotatable bonds is 13. The molecule has 134 valence electrons. The van der Waals surface area contributed by atoms with Gasteiger partial charge in [0.15, 0.2) is 0 Å². The van der Waals surface area contributed by atoms with Crippen LogP contribution >= 0.6 is 23.5 Å². The van der Waals surface area contributed by atoms with Gasteiger partial charge in [0.2, 0.25) is 11.7 Å². The number of unbranched alkanes of at least 4 members (excludes halogenated alkanes) is 3. The number of thioether (sulfide) groups is 2. The molecule has 1 aliphatic carbocycles. The lowest BCUT2D eigenvalue weighted by molar-refractivity contribution is -0.453. The van der Waals surface area contributed by atoms with Crippen LogP contribution in [0.3, 0.4) is 0 Å². The number of nitrogens with one attached hydrogen (secondary N) is 2. The van der Waals surface area contributed by atoms with Gasteiger partial charge in [0.1, 0.15) is 5.88 Å². The van der Waals surface area contributed by atoms with Crippen molar-refractivity contribution in [2.45, 2.75) is 63.5 Å². The highest BCUT2D eigenvalue weighted by Crippen LogP contribution is 2.35. The van der Waals surface area contributed by atoms with Crippen LogP contribution in [0.4, 0.5) is 0 Å². The Bertz CT molecular complexity index is 372. The maximum absolute atomic E-state index is 6.04. The molecule has 0 spiro atoms. The zero-order chi connectivity index (χ0) is 16.9. The molecule has 0 heterocycles. The summed E-state index contributed by atoms with van der Waals surface area (Å²) >= 11 is 3.86. The van der Waals surface area contributed by atoms with Crippen molar-refractivity contribution in [3.63, 3.8) is 0 Å². The van der Waals surface area contributed by atoms with Crippen LogP contribution in [0.5, 0.6) is 0 Å².